The van der Waals surface area contributed by atoms with Gasteiger partial charge in [-0.2, -0.15) is 0 Å². The Morgan fingerprint density at radius 2 is 1.76 bits per heavy atom. The number of hydrogen-bond acceptors (Lipinski definition) is 4. The summed E-state index contributed by atoms with van der Waals surface area (Å²) in [7, 11) is 0. The summed E-state index contributed by atoms with van der Waals surface area (Å²) < 4.78 is 5.07. The lowest BCUT2D eigenvalue weighted by Gasteiger charge is -2.15. The topological polar surface area (TPSA) is 87.7 Å². The van der Waals surface area contributed by atoms with E-state index in [0.29, 0.717) is 12.1 Å². The minimum Gasteiger partial charge on any atom is -0.452 e. The first-order chi connectivity index (χ1) is 12.0. The Kier molecular flexibility index (Phi) is 6.80. The normalized spacial score (nSPS) is 13.6. The van der Waals surface area contributed by atoms with Crippen LogP contribution in [0, 0.1) is 0 Å². The van der Waals surface area contributed by atoms with Crippen molar-refractivity contribution in [2.24, 2.45) is 0 Å². The van der Waals surface area contributed by atoms with Crippen LogP contribution >= 0.6 is 0 Å². The molecule has 1 aliphatic heterocycles. The summed E-state index contributed by atoms with van der Waals surface area (Å²) in [6, 6.07) is 6.57. The van der Waals surface area contributed by atoms with Crippen molar-refractivity contribution in [1.82, 2.24) is 15.5 Å². The predicted molar refractivity (Wildman–Crippen MR) is 93.0 cm³/mol. The lowest BCUT2D eigenvalue weighted by Crippen LogP contribution is -2.39. The van der Waals surface area contributed by atoms with Gasteiger partial charge in [-0.3, -0.25) is 4.79 Å². The van der Waals surface area contributed by atoms with Crippen LogP contribution in [-0.4, -0.2) is 48.5 Å². The summed E-state index contributed by atoms with van der Waals surface area (Å²) >= 11 is 0. The molecule has 0 saturated carbocycles. The van der Waals surface area contributed by atoms with Crippen molar-refractivity contribution < 1.29 is 19.1 Å². The van der Waals surface area contributed by atoms with Crippen LogP contribution < -0.4 is 10.6 Å². The van der Waals surface area contributed by atoms with E-state index in [1.165, 1.54) is 0 Å². The van der Waals surface area contributed by atoms with E-state index in [2.05, 4.69) is 10.6 Å². The third kappa shape index (κ3) is 6.10. The first kappa shape index (κ1) is 18.8. The SMILES string of the molecule is CC(C)NC(=O)NCc1ccc(C(=O)OCC(=O)N2CCCC2)cc1. The highest BCUT2D eigenvalue weighted by Gasteiger charge is 2.19. The summed E-state index contributed by atoms with van der Waals surface area (Å²) in [5.41, 5.74) is 1.24. The molecule has 0 aromatic heterocycles. The fraction of sp³-hybridized carbons (Fsp3) is 0.500. The molecule has 2 N–H and O–H groups in total. The number of amides is 3. The van der Waals surface area contributed by atoms with Gasteiger partial charge in [0.25, 0.3) is 5.91 Å². The van der Waals surface area contributed by atoms with E-state index in [0.717, 1.165) is 31.5 Å². The number of rotatable bonds is 6. The van der Waals surface area contributed by atoms with E-state index in [1.54, 1.807) is 29.2 Å². The van der Waals surface area contributed by atoms with Gasteiger partial charge in [-0.15, -0.1) is 0 Å². The Balaban J connectivity index is 1.77. The van der Waals surface area contributed by atoms with E-state index < -0.39 is 5.97 Å². The average Bonchev–Trinajstić information content (AvgIpc) is 3.12. The highest BCUT2D eigenvalue weighted by atomic mass is 16.5. The molecule has 2 rings (SSSR count). The molecule has 7 heteroatoms. The van der Waals surface area contributed by atoms with Crippen molar-refractivity contribution >= 4 is 17.9 Å². The monoisotopic (exact) mass is 347 g/mol. The van der Waals surface area contributed by atoms with Gasteiger partial charge < -0.3 is 20.3 Å². The van der Waals surface area contributed by atoms with Crippen molar-refractivity contribution in [3.05, 3.63) is 35.4 Å². The Hall–Kier alpha value is -2.57. The molecule has 136 valence electrons. The van der Waals surface area contributed by atoms with Gasteiger partial charge in [-0.05, 0) is 44.4 Å². The number of carbonyl (C=O) groups excluding carboxylic acids is 3. The quantitative estimate of drug-likeness (QED) is 0.766. The smallest absolute Gasteiger partial charge is 0.338 e. The lowest BCUT2D eigenvalue weighted by atomic mass is 10.1. The van der Waals surface area contributed by atoms with Gasteiger partial charge in [0.2, 0.25) is 0 Å². The first-order valence-electron chi connectivity index (χ1n) is 8.54. The fourth-order valence-electron chi connectivity index (χ4n) is 2.52. The fourth-order valence-corrected chi connectivity index (χ4v) is 2.52. The van der Waals surface area contributed by atoms with E-state index in [-0.39, 0.29) is 24.6 Å². The molecule has 0 unspecified atom stereocenters. The lowest BCUT2D eigenvalue weighted by molar-refractivity contribution is -0.133. The number of benzene rings is 1. The minimum absolute atomic E-state index is 0.0698. The average molecular weight is 347 g/mol. The van der Waals surface area contributed by atoms with E-state index in [4.69, 9.17) is 4.74 Å². The molecular weight excluding hydrogens is 322 g/mol. The summed E-state index contributed by atoms with van der Waals surface area (Å²) in [6.45, 7) is 5.38. The number of nitrogens with one attached hydrogen (secondary N) is 2. The first-order valence-corrected chi connectivity index (χ1v) is 8.54. The number of likely N-dealkylation sites (tertiary alicyclic amines) is 1. The second kappa shape index (κ2) is 9.05. The standard InChI is InChI=1S/C18H25N3O4/c1-13(2)20-18(24)19-11-14-5-7-15(8-6-14)17(23)25-12-16(22)21-9-3-4-10-21/h5-8,13H,3-4,9-12H2,1-2H3,(H2,19,20,24). The molecule has 7 nitrogen and oxygen atoms in total. The zero-order chi connectivity index (χ0) is 18.2. The molecule has 3 amide bonds. The zero-order valence-electron chi connectivity index (χ0n) is 14.7. The van der Waals surface area contributed by atoms with Crippen LogP contribution in [-0.2, 0) is 16.1 Å². The van der Waals surface area contributed by atoms with Gasteiger partial charge in [-0.1, -0.05) is 12.1 Å². The molecule has 1 aromatic carbocycles. The van der Waals surface area contributed by atoms with E-state index >= 15 is 0 Å². The maximum atomic E-state index is 12.0. The molecule has 25 heavy (non-hydrogen) atoms. The van der Waals surface area contributed by atoms with Crippen LogP contribution in [0.5, 0.6) is 0 Å². The number of carbonyl (C=O) groups is 3. The molecule has 0 bridgehead atoms. The summed E-state index contributed by atoms with van der Waals surface area (Å²) in [6.07, 6.45) is 2.01. The Labute approximate surface area is 147 Å². The Bertz CT molecular complexity index is 607. The van der Waals surface area contributed by atoms with E-state index in [9.17, 15) is 14.4 Å². The third-order valence-electron chi connectivity index (χ3n) is 3.85. The van der Waals surface area contributed by atoms with Crippen molar-refractivity contribution in [1.29, 1.82) is 0 Å². The number of ether oxygens (including phenoxy) is 1. The number of esters is 1. The molecule has 1 saturated heterocycles. The van der Waals surface area contributed by atoms with Gasteiger partial charge in [0, 0.05) is 25.7 Å². The Morgan fingerprint density at radius 1 is 1.12 bits per heavy atom. The van der Waals surface area contributed by atoms with Crippen molar-refractivity contribution in [3.63, 3.8) is 0 Å². The van der Waals surface area contributed by atoms with Crippen molar-refractivity contribution in [3.8, 4) is 0 Å². The minimum atomic E-state index is -0.524. The van der Waals surface area contributed by atoms with Gasteiger partial charge in [0.05, 0.1) is 5.56 Å². The molecule has 0 spiro atoms. The van der Waals surface area contributed by atoms with Crippen molar-refractivity contribution in [2.75, 3.05) is 19.7 Å². The van der Waals surface area contributed by atoms with Gasteiger partial charge >= 0.3 is 12.0 Å². The van der Waals surface area contributed by atoms with Crippen LogP contribution in [0.25, 0.3) is 0 Å². The van der Waals surface area contributed by atoms with Crippen LogP contribution in [0.1, 0.15) is 42.6 Å². The van der Waals surface area contributed by atoms with Crippen LogP contribution in [0.2, 0.25) is 0 Å². The van der Waals surface area contributed by atoms with Crippen LogP contribution in [0.3, 0.4) is 0 Å². The third-order valence-corrected chi connectivity index (χ3v) is 3.85. The molecule has 0 atom stereocenters. The maximum Gasteiger partial charge on any atom is 0.338 e. The molecule has 1 fully saturated rings. The second-order valence-electron chi connectivity index (χ2n) is 6.34. The van der Waals surface area contributed by atoms with Crippen LogP contribution in [0.15, 0.2) is 24.3 Å². The summed E-state index contributed by atoms with van der Waals surface area (Å²) in [5, 5.41) is 5.47. The maximum absolute atomic E-state index is 12.0. The summed E-state index contributed by atoms with van der Waals surface area (Å²) in [5.74, 6) is -0.674. The molecule has 1 aromatic rings. The van der Waals surface area contributed by atoms with E-state index in [1.807, 2.05) is 13.8 Å². The second-order valence-corrected chi connectivity index (χ2v) is 6.34. The molecule has 1 aliphatic rings. The van der Waals surface area contributed by atoms with Crippen LogP contribution in [0.4, 0.5) is 4.79 Å². The van der Waals surface area contributed by atoms with Gasteiger partial charge in [0.15, 0.2) is 6.61 Å². The largest absolute Gasteiger partial charge is 0.452 e. The van der Waals surface area contributed by atoms with Crippen molar-refractivity contribution in [2.45, 2.75) is 39.3 Å². The predicted octanol–water partition coefficient (Wildman–Crippen LogP) is 1.67. The highest BCUT2D eigenvalue weighted by molar-refractivity contribution is 5.91. The zero-order valence-corrected chi connectivity index (χ0v) is 14.7. The number of hydrogen-bond donors (Lipinski definition) is 2. The molecular formula is C18H25N3O4. The number of urea groups is 1. The van der Waals surface area contributed by atoms with Gasteiger partial charge in [-0.25, -0.2) is 9.59 Å². The Morgan fingerprint density at radius 3 is 2.36 bits per heavy atom. The summed E-state index contributed by atoms with van der Waals surface area (Å²) in [4.78, 5) is 37.1. The number of nitrogens with zero attached hydrogens (tertiary/aromatic N) is 1. The highest BCUT2D eigenvalue weighted by Crippen LogP contribution is 2.09. The molecule has 0 radical (unpaired) electrons. The molecule has 1 heterocycles. The molecule has 0 aliphatic carbocycles. The van der Waals surface area contributed by atoms with Gasteiger partial charge in [0.1, 0.15) is 0 Å².